The topological polar surface area (TPSA) is 26.0 Å². The maximum absolute atomic E-state index is 5.91. The summed E-state index contributed by atoms with van der Waals surface area (Å²) in [5.74, 6) is 0. The first-order valence-electron chi connectivity index (χ1n) is 9.22. The van der Waals surface area contributed by atoms with Gasteiger partial charge >= 0.3 is 0 Å². The summed E-state index contributed by atoms with van der Waals surface area (Å²) in [7, 11) is -0.599. The zero-order valence-corrected chi connectivity index (χ0v) is 17.1. The van der Waals surface area contributed by atoms with Crippen LogP contribution >= 0.6 is 7.92 Å². The summed E-state index contributed by atoms with van der Waals surface area (Å²) in [6.45, 7) is 9.45. The van der Waals surface area contributed by atoms with Crippen molar-refractivity contribution in [2.24, 2.45) is 5.73 Å². The van der Waals surface area contributed by atoms with Crippen molar-refractivity contribution in [1.82, 2.24) is 0 Å². The van der Waals surface area contributed by atoms with Crippen LogP contribution < -0.4 is 21.6 Å². The summed E-state index contributed by atoms with van der Waals surface area (Å²) in [5.41, 5.74) is 12.6. The van der Waals surface area contributed by atoms with E-state index in [1.807, 2.05) is 0 Å². The van der Waals surface area contributed by atoms with Gasteiger partial charge in [-0.05, 0) is 70.1 Å². The highest BCUT2D eigenvalue weighted by Gasteiger charge is 2.20. The number of rotatable bonds is 5. The van der Waals surface area contributed by atoms with Crippen LogP contribution in [0.25, 0.3) is 0 Å². The molecule has 0 spiro atoms. The molecule has 0 unspecified atom stereocenters. The van der Waals surface area contributed by atoms with E-state index in [1.165, 1.54) is 43.7 Å². The fraction of sp³-hybridized carbons (Fsp3) is 0.250. The molecule has 0 atom stereocenters. The molecule has 0 bridgehead atoms. The average Bonchev–Trinajstić information content (AvgIpc) is 2.55. The first-order chi connectivity index (χ1) is 12.5. The smallest absolute Gasteiger partial charge is 0.00365 e. The molecule has 0 saturated carbocycles. The summed E-state index contributed by atoms with van der Waals surface area (Å²) in [5, 5.41) is 4.28. The highest BCUT2D eigenvalue weighted by atomic mass is 31.1. The Kier molecular flexibility index (Phi) is 5.91. The molecule has 0 aliphatic carbocycles. The van der Waals surface area contributed by atoms with Gasteiger partial charge < -0.3 is 5.73 Å². The lowest BCUT2D eigenvalue weighted by molar-refractivity contribution is 0.975. The molecular formula is C24H28NP. The Morgan fingerprint density at radius 2 is 1.15 bits per heavy atom. The van der Waals surface area contributed by atoms with Crippen molar-refractivity contribution in [2.45, 2.75) is 34.1 Å². The second kappa shape index (κ2) is 8.16. The van der Waals surface area contributed by atoms with Crippen LogP contribution in [0, 0.1) is 27.7 Å². The van der Waals surface area contributed by atoms with Crippen molar-refractivity contribution in [3.05, 3.63) is 88.5 Å². The molecule has 2 N–H and O–H groups in total. The number of benzene rings is 3. The molecule has 134 valence electrons. The molecule has 0 radical (unpaired) electrons. The molecule has 3 aromatic rings. The van der Waals surface area contributed by atoms with Crippen molar-refractivity contribution < 1.29 is 0 Å². The number of hydrogen-bond donors (Lipinski definition) is 1. The molecule has 0 saturated heterocycles. The van der Waals surface area contributed by atoms with E-state index in [0.29, 0.717) is 6.54 Å². The normalized spacial score (nSPS) is 11.2. The van der Waals surface area contributed by atoms with Crippen molar-refractivity contribution in [1.29, 1.82) is 0 Å². The van der Waals surface area contributed by atoms with E-state index >= 15 is 0 Å². The summed E-state index contributed by atoms with van der Waals surface area (Å²) < 4.78 is 0. The van der Waals surface area contributed by atoms with E-state index < -0.39 is 7.92 Å². The van der Waals surface area contributed by atoms with Gasteiger partial charge in [-0.2, -0.15) is 0 Å². The van der Waals surface area contributed by atoms with E-state index in [0.717, 1.165) is 6.42 Å². The first-order valence-corrected chi connectivity index (χ1v) is 10.6. The SMILES string of the molecule is Cc1cc(C)cc(P(c2cc(C)cc(C)c2)c2ccccc2CCN)c1. The van der Waals surface area contributed by atoms with Gasteiger partial charge in [0.25, 0.3) is 0 Å². The van der Waals surface area contributed by atoms with Gasteiger partial charge in [-0.15, -0.1) is 0 Å². The minimum absolute atomic E-state index is 0.599. The summed E-state index contributed by atoms with van der Waals surface area (Å²) >= 11 is 0. The molecular weight excluding hydrogens is 333 g/mol. The van der Waals surface area contributed by atoms with E-state index in [1.54, 1.807) is 0 Å². The maximum Gasteiger partial charge on any atom is -0.00365 e. The molecule has 3 aromatic carbocycles. The van der Waals surface area contributed by atoms with Crippen LogP contribution in [0.1, 0.15) is 27.8 Å². The third-order valence-electron chi connectivity index (χ3n) is 4.58. The molecule has 26 heavy (non-hydrogen) atoms. The molecule has 3 rings (SSSR count). The lowest BCUT2D eigenvalue weighted by Crippen LogP contribution is -2.25. The highest BCUT2D eigenvalue weighted by molar-refractivity contribution is 7.79. The van der Waals surface area contributed by atoms with Crippen LogP contribution in [0.3, 0.4) is 0 Å². The van der Waals surface area contributed by atoms with Crippen LogP contribution in [0.2, 0.25) is 0 Å². The molecule has 0 aromatic heterocycles. The Balaban J connectivity index is 2.26. The van der Waals surface area contributed by atoms with Crippen LogP contribution in [0.15, 0.2) is 60.7 Å². The van der Waals surface area contributed by atoms with Gasteiger partial charge in [-0.25, -0.2) is 0 Å². The third kappa shape index (κ3) is 4.23. The van der Waals surface area contributed by atoms with Gasteiger partial charge in [0.15, 0.2) is 0 Å². The molecule has 0 fully saturated rings. The molecule has 2 heteroatoms. The van der Waals surface area contributed by atoms with E-state index in [2.05, 4.69) is 88.4 Å². The quantitative estimate of drug-likeness (QED) is 0.678. The van der Waals surface area contributed by atoms with Gasteiger partial charge in [0.05, 0.1) is 0 Å². The predicted octanol–water partition coefficient (Wildman–Crippen LogP) is 4.18. The summed E-state index contributed by atoms with van der Waals surface area (Å²) in [6.07, 6.45) is 0.921. The standard InChI is InChI=1S/C24H28NP/c1-17-11-18(2)14-22(13-17)26(23-15-19(3)12-20(4)16-23)24-8-6-5-7-21(24)9-10-25/h5-8,11-16H,9-10,25H2,1-4H3. The van der Waals surface area contributed by atoms with Gasteiger partial charge in [0.2, 0.25) is 0 Å². The second-order valence-corrected chi connectivity index (χ2v) is 9.38. The first kappa shape index (κ1) is 18.8. The van der Waals surface area contributed by atoms with Gasteiger partial charge in [-0.1, -0.05) is 82.9 Å². The number of nitrogens with two attached hydrogens (primary N) is 1. The zero-order chi connectivity index (χ0) is 18.7. The lowest BCUT2D eigenvalue weighted by atomic mass is 10.1. The highest BCUT2D eigenvalue weighted by Crippen LogP contribution is 2.35. The van der Waals surface area contributed by atoms with Crippen LogP contribution in [-0.4, -0.2) is 6.54 Å². The fourth-order valence-corrected chi connectivity index (χ4v) is 6.58. The Labute approximate surface area is 159 Å². The Morgan fingerprint density at radius 3 is 1.62 bits per heavy atom. The Morgan fingerprint density at radius 1 is 0.692 bits per heavy atom. The molecule has 1 nitrogen and oxygen atoms in total. The number of aryl methyl sites for hydroxylation is 4. The maximum atomic E-state index is 5.91. The van der Waals surface area contributed by atoms with Crippen LogP contribution in [0.4, 0.5) is 0 Å². The van der Waals surface area contributed by atoms with Gasteiger partial charge in [-0.3, -0.25) is 0 Å². The van der Waals surface area contributed by atoms with Crippen LogP contribution in [0.5, 0.6) is 0 Å². The monoisotopic (exact) mass is 361 g/mol. The minimum atomic E-state index is -0.599. The molecule has 0 aliphatic heterocycles. The summed E-state index contributed by atoms with van der Waals surface area (Å²) in [6, 6.07) is 22.8. The predicted molar refractivity (Wildman–Crippen MR) is 117 cm³/mol. The van der Waals surface area contributed by atoms with Crippen molar-refractivity contribution in [3.63, 3.8) is 0 Å². The van der Waals surface area contributed by atoms with E-state index in [-0.39, 0.29) is 0 Å². The van der Waals surface area contributed by atoms with Crippen molar-refractivity contribution in [2.75, 3.05) is 6.54 Å². The molecule has 0 amide bonds. The number of hydrogen-bond acceptors (Lipinski definition) is 1. The van der Waals surface area contributed by atoms with Crippen LogP contribution in [-0.2, 0) is 6.42 Å². The molecule has 0 aliphatic rings. The summed E-state index contributed by atoms with van der Waals surface area (Å²) in [4.78, 5) is 0. The van der Waals surface area contributed by atoms with Gasteiger partial charge in [0, 0.05) is 0 Å². The van der Waals surface area contributed by atoms with E-state index in [9.17, 15) is 0 Å². The van der Waals surface area contributed by atoms with Crippen molar-refractivity contribution in [3.8, 4) is 0 Å². The van der Waals surface area contributed by atoms with Crippen molar-refractivity contribution >= 4 is 23.8 Å². The largest absolute Gasteiger partial charge is 0.330 e. The zero-order valence-electron chi connectivity index (χ0n) is 16.2. The fourth-order valence-electron chi connectivity index (χ4n) is 3.68. The Bertz CT molecular complexity index is 822. The average molecular weight is 361 g/mol. The lowest BCUT2D eigenvalue weighted by Gasteiger charge is -2.24. The van der Waals surface area contributed by atoms with E-state index in [4.69, 9.17) is 5.73 Å². The van der Waals surface area contributed by atoms with Gasteiger partial charge in [0.1, 0.15) is 0 Å². The second-order valence-electron chi connectivity index (χ2n) is 7.19. The minimum Gasteiger partial charge on any atom is -0.330 e. The molecule has 0 heterocycles. The third-order valence-corrected chi connectivity index (χ3v) is 7.04. The Hall–Kier alpha value is -1.95.